The van der Waals surface area contributed by atoms with E-state index >= 15 is 0 Å². The summed E-state index contributed by atoms with van der Waals surface area (Å²) in [6.45, 7) is 5.80. The molecule has 2 aromatic carbocycles. The van der Waals surface area contributed by atoms with Gasteiger partial charge in [0, 0.05) is 22.4 Å². The average Bonchev–Trinajstić information content (AvgIpc) is 2.79. The molecule has 9 heteroatoms. The predicted molar refractivity (Wildman–Crippen MR) is 124 cm³/mol. The number of nitrogens with one attached hydrogen (secondary N) is 3. The largest absolute Gasteiger partial charge is 0.444 e. The number of rotatable bonds is 5. The van der Waals surface area contributed by atoms with E-state index in [9.17, 15) is 14.4 Å². The average molecular weight is 462 g/mol. The Morgan fingerprint density at radius 1 is 0.941 bits per heavy atom. The van der Waals surface area contributed by atoms with Crippen molar-refractivity contribution in [1.29, 1.82) is 0 Å². The molecule has 1 radical (unpaired) electrons. The van der Waals surface area contributed by atoms with Crippen LogP contribution in [0.15, 0.2) is 48.5 Å². The minimum absolute atomic E-state index is 0.231. The van der Waals surface area contributed by atoms with Crippen molar-refractivity contribution in [1.82, 2.24) is 10.8 Å². The lowest BCUT2D eigenvalue weighted by atomic mass is 10.1. The van der Waals surface area contributed by atoms with Crippen LogP contribution >= 0.6 is 0 Å². The van der Waals surface area contributed by atoms with Gasteiger partial charge >= 0.3 is 6.09 Å². The fourth-order valence-electron chi connectivity index (χ4n) is 2.43. The van der Waals surface area contributed by atoms with E-state index in [0.29, 0.717) is 23.4 Å². The molecule has 5 N–H and O–H groups in total. The minimum Gasteiger partial charge on any atom is -0.444 e. The number of benzene rings is 2. The van der Waals surface area contributed by atoms with Gasteiger partial charge in [-0.2, -0.15) is 0 Å². The van der Waals surface area contributed by atoms with Crippen LogP contribution in [0.3, 0.4) is 0 Å². The van der Waals surface area contributed by atoms with Crippen LogP contribution in [-0.2, 0) is 9.53 Å². The molecule has 9 nitrogen and oxygen atoms in total. The lowest BCUT2D eigenvalue weighted by Gasteiger charge is -2.19. The first-order valence-electron chi connectivity index (χ1n) is 10.1. The molecular weight excluding hydrogens is 438 g/mol. The number of anilines is 1. The highest BCUT2D eigenvalue weighted by Gasteiger charge is 2.20. The molecule has 0 aliphatic heterocycles. The number of hydrogen-bond acceptors (Lipinski definition) is 6. The highest BCUT2D eigenvalue weighted by atomic mass is 16.6. The van der Waals surface area contributed by atoms with Crippen LogP contribution in [0.1, 0.15) is 42.3 Å². The minimum atomic E-state index is -1.39. The zero-order chi connectivity index (χ0) is 25.1. The molecule has 1 atom stereocenters. The third kappa shape index (κ3) is 8.67. The molecule has 0 aliphatic carbocycles. The van der Waals surface area contributed by atoms with Crippen LogP contribution in [-0.4, -0.2) is 39.9 Å². The van der Waals surface area contributed by atoms with Gasteiger partial charge in [-0.3, -0.25) is 20.1 Å². The Labute approximate surface area is 197 Å². The van der Waals surface area contributed by atoms with E-state index in [1.54, 1.807) is 57.2 Å². The SMILES string of the molecule is CC(C)(C)OC(=O)Nc1ccc(C#CC#Cc2ccc(C(=O)N[C@@H]([CH]O)C(=O)NO)cc2)cc1. The molecular formula is C25H24N3O6. The van der Waals surface area contributed by atoms with Crippen molar-refractivity contribution in [2.75, 3.05) is 5.32 Å². The number of carbonyl (C=O) groups excluding carboxylic acids is 3. The smallest absolute Gasteiger partial charge is 0.412 e. The van der Waals surface area contributed by atoms with Crippen molar-refractivity contribution in [2.45, 2.75) is 32.4 Å². The Morgan fingerprint density at radius 2 is 1.47 bits per heavy atom. The van der Waals surface area contributed by atoms with E-state index in [1.807, 2.05) is 0 Å². The standard InChI is InChI=1S/C25H24N3O6/c1-25(2,3)34-24(32)26-20-14-10-18(11-15-20)7-5-4-6-17-8-12-19(13-9-17)22(30)27-21(16-29)23(31)28-33/h8-16,21,29,33H,1-3H3,(H,26,32)(H,27,30)(H,28,31)/t21-/m0/s1. The quantitative estimate of drug-likeness (QED) is 0.263. The molecule has 2 aromatic rings. The Balaban J connectivity index is 1.94. The number of hydroxylamine groups is 1. The van der Waals surface area contributed by atoms with Gasteiger partial charge in [0.05, 0.1) is 0 Å². The molecule has 34 heavy (non-hydrogen) atoms. The Kier molecular flexibility index (Phi) is 9.21. The van der Waals surface area contributed by atoms with Gasteiger partial charge in [-0.1, -0.05) is 11.8 Å². The van der Waals surface area contributed by atoms with Crippen molar-refractivity contribution in [3.63, 3.8) is 0 Å². The van der Waals surface area contributed by atoms with Gasteiger partial charge in [0.25, 0.3) is 11.8 Å². The van der Waals surface area contributed by atoms with Gasteiger partial charge in [0.1, 0.15) is 18.2 Å². The Hall–Kier alpha value is -4.31. The maximum Gasteiger partial charge on any atom is 0.412 e. The number of aliphatic hydroxyl groups is 1. The maximum absolute atomic E-state index is 12.1. The zero-order valence-corrected chi connectivity index (χ0v) is 18.8. The van der Waals surface area contributed by atoms with Crippen LogP contribution in [0.4, 0.5) is 10.5 Å². The van der Waals surface area contributed by atoms with E-state index in [4.69, 9.17) is 15.1 Å². The molecule has 0 saturated carbocycles. The van der Waals surface area contributed by atoms with Gasteiger partial charge < -0.3 is 15.2 Å². The summed E-state index contributed by atoms with van der Waals surface area (Å²) >= 11 is 0. The first kappa shape index (κ1) is 25.9. The summed E-state index contributed by atoms with van der Waals surface area (Å²) in [5.41, 5.74) is 2.89. The first-order valence-corrected chi connectivity index (χ1v) is 10.1. The first-order chi connectivity index (χ1) is 16.1. The van der Waals surface area contributed by atoms with Gasteiger partial charge in [-0.15, -0.1) is 0 Å². The molecule has 175 valence electrons. The Bertz CT molecular complexity index is 1140. The number of amides is 3. The normalized spacial score (nSPS) is 11.0. The summed E-state index contributed by atoms with van der Waals surface area (Å²) in [4.78, 5) is 35.2. The maximum atomic E-state index is 12.1. The van der Waals surface area contributed by atoms with Crippen LogP contribution in [0.25, 0.3) is 0 Å². The number of aliphatic hydroxyl groups excluding tert-OH is 1. The molecule has 0 aliphatic rings. The predicted octanol–water partition coefficient (Wildman–Crippen LogP) is 2.57. The van der Waals surface area contributed by atoms with Gasteiger partial charge in [0.15, 0.2) is 0 Å². The van der Waals surface area contributed by atoms with Crippen molar-refractivity contribution >= 4 is 23.6 Å². The summed E-state index contributed by atoms with van der Waals surface area (Å²) in [6.07, 6.45) is -0.539. The van der Waals surface area contributed by atoms with E-state index in [-0.39, 0.29) is 5.56 Å². The number of hydrogen-bond donors (Lipinski definition) is 5. The van der Waals surface area contributed by atoms with Crippen LogP contribution in [0.5, 0.6) is 0 Å². The molecule has 0 aromatic heterocycles. The van der Waals surface area contributed by atoms with E-state index in [0.717, 1.165) is 0 Å². The second-order valence-corrected chi connectivity index (χ2v) is 7.86. The van der Waals surface area contributed by atoms with E-state index in [2.05, 4.69) is 34.3 Å². The number of carbonyl (C=O) groups is 3. The second kappa shape index (κ2) is 12.1. The fourth-order valence-corrected chi connectivity index (χ4v) is 2.43. The van der Waals surface area contributed by atoms with Gasteiger partial charge in [0.2, 0.25) is 0 Å². The summed E-state index contributed by atoms with van der Waals surface area (Å²) < 4.78 is 5.19. The summed E-state index contributed by atoms with van der Waals surface area (Å²) in [7, 11) is 0. The van der Waals surface area contributed by atoms with Crippen molar-refractivity contribution in [3.05, 3.63) is 71.8 Å². The van der Waals surface area contributed by atoms with Crippen molar-refractivity contribution in [2.24, 2.45) is 0 Å². The van der Waals surface area contributed by atoms with Crippen LogP contribution in [0.2, 0.25) is 0 Å². The number of ether oxygens (including phenoxy) is 1. The molecule has 2 rings (SSSR count). The molecule has 3 amide bonds. The third-order valence-corrected chi connectivity index (χ3v) is 3.98. The lowest BCUT2D eigenvalue weighted by Crippen LogP contribution is -2.46. The molecule has 0 heterocycles. The molecule has 0 unspecified atom stereocenters. The fraction of sp³-hybridized carbons (Fsp3) is 0.200. The Morgan fingerprint density at radius 3 is 1.94 bits per heavy atom. The summed E-state index contributed by atoms with van der Waals surface area (Å²) in [6, 6.07) is 11.7. The highest BCUT2D eigenvalue weighted by molar-refractivity contribution is 5.97. The van der Waals surface area contributed by atoms with E-state index in [1.165, 1.54) is 17.6 Å². The van der Waals surface area contributed by atoms with Crippen LogP contribution < -0.4 is 16.1 Å². The molecule has 0 saturated heterocycles. The summed E-state index contributed by atoms with van der Waals surface area (Å²) in [5, 5.41) is 22.5. The summed E-state index contributed by atoms with van der Waals surface area (Å²) in [5.74, 6) is 9.58. The monoisotopic (exact) mass is 462 g/mol. The molecule has 0 fully saturated rings. The van der Waals surface area contributed by atoms with Crippen LogP contribution in [0, 0.1) is 30.3 Å². The van der Waals surface area contributed by atoms with E-state index < -0.39 is 29.6 Å². The molecule has 0 bridgehead atoms. The zero-order valence-electron chi connectivity index (χ0n) is 18.8. The van der Waals surface area contributed by atoms with Gasteiger partial charge in [-0.05, 0) is 81.1 Å². The molecule has 0 spiro atoms. The third-order valence-electron chi connectivity index (χ3n) is 3.98. The second-order valence-electron chi connectivity index (χ2n) is 7.86. The van der Waals surface area contributed by atoms with Crippen molar-refractivity contribution in [3.8, 4) is 23.7 Å². The lowest BCUT2D eigenvalue weighted by molar-refractivity contribution is -0.131. The van der Waals surface area contributed by atoms with Gasteiger partial charge in [-0.25, -0.2) is 10.3 Å². The van der Waals surface area contributed by atoms with Crippen molar-refractivity contribution < 1.29 is 29.4 Å². The highest BCUT2D eigenvalue weighted by Crippen LogP contribution is 2.12. The topological polar surface area (TPSA) is 137 Å².